The van der Waals surface area contributed by atoms with Gasteiger partial charge in [0.2, 0.25) is 11.9 Å². The van der Waals surface area contributed by atoms with E-state index in [1.54, 1.807) is 4.52 Å². The normalized spacial score (nSPS) is 14.3. The van der Waals surface area contributed by atoms with Crippen molar-refractivity contribution in [3.63, 3.8) is 0 Å². The van der Waals surface area contributed by atoms with Crippen LogP contribution in [0.2, 0.25) is 0 Å². The maximum atomic E-state index is 12.5. The van der Waals surface area contributed by atoms with Crippen LogP contribution >= 0.6 is 11.8 Å². The second kappa shape index (κ2) is 8.28. The maximum Gasteiger partial charge on any atom is 0.254 e. The average molecular weight is 412 g/mol. The van der Waals surface area contributed by atoms with Crippen molar-refractivity contribution < 1.29 is 4.79 Å². The largest absolute Gasteiger partial charge is 0.370 e. The highest BCUT2D eigenvalue weighted by Gasteiger charge is 2.15. The van der Waals surface area contributed by atoms with Crippen molar-refractivity contribution in [2.75, 3.05) is 35.2 Å². The molecule has 3 aromatic rings. The fraction of sp³-hybridized carbons (Fsp3) is 0.400. The van der Waals surface area contributed by atoms with Crippen LogP contribution < -0.4 is 16.0 Å². The van der Waals surface area contributed by atoms with E-state index in [1.807, 2.05) is 25.6 Å². The van der Waals surface area contributed by atoms with Gasteiger partial charge in [-0.3, -0.25) is 4.79 Å². The summed E-state index contributed by atoms with van der Waals surface area (Å²) in [4.78, 5) is 23.4. The lowest BCUT2D eigenvalue weighted by molar-refractivity contribution is -0.120. The molecule has 1 aliphatic heterocycles. The molecule has 0 saturated carbocycles. The van der Waals surface area contributed by atoms with Gasteiger partial charge in [0.1, 0.15) is 0 Å². The Labute approximate surface area is 173 Å². The summed E-state index contributed by atoms with van der Waals surface area (Å²) in [6.45, 7) is 6.46. The van der Waals surface area contributed by atoms with Crippen LogP contribution in [0.5, 0.6) is 0 Å². The van der Waals surface area contributed by atoms with E-state index < -0.39 is 0 Å². The molecule has 0 unspecified atom stereocenters. The lowest BCUT2D eigenvalue weighted by atomic mass is 10.1. The second-order valence-corrected chi connectivity index (χ2v) is 8.39. The zero-order valence-corrected chi connectivity index (χ0v) is 17.5. The first-order valence-corrected chi connectivity index (χ1v) is 10.8. The summed E-state index contributed by atoms with van der Waals surface area (Å²) in [5.74, 6) is 2.93. The maximum absolute atomic E-state index is 12.5. The second-order valence-electron chi connectivity index (χ2n) is 7.16. The number of nitrogens with one attached hydrogen (secondary N) is 1. The number of hydrogen-bond donors (Lipinski definition) is 2. The zero-order chi connectivity index (χ0) is 20.4. The van der Waals surface area contributed by atoms with Gasteiger partial charge in [0.25, 0.3) is 5.78 Å². The van der Waals surface area contributed by atoms with E-state index >= 15 is 0 Å². The van der Waals surface area contributed by atoms with E-state index in [0.717, 1.165) is 35.6 Å². The SMILES string of the molecule is Cc1nc2nc(N)nn2c(C)c1CC(=O)NCc1ccc(N2CCSCC2)cc1. The van der Waals surface area contributed by atoms with Crippen LogP contribution in [0.1, 0.15) is 22.5 Å². The van der Waals surface area contributed by atoms with Gasteiger partial charge in [-0.05, 0) is 31.5 Å². The first kappa shape index (κ1) is 19.5. The number of nitrogens with two attached hydrogens (primary N) is 1. The smallest absolute Gasteiger partial charge is 0.254 e. The fourth-order valence-corrected chi connectivity index (χ4v) is 4.45. The number of nitrogen functional groups attached to an aromatic ring is 1. The minimum Gasteiger partial charge on any atom is -0.370 e. The third-order valence-corrected chi connectivity index (χ3v) is 6.15. The summed E-state index contributed by atoms with van der Waals surface area (Å²) in [5.41, 5.74) is 10.4. The van der Waals surface area contributed by atoms with E-state index in [2.05, 4.69) is 49.5 Å². The molecule has 8 nitrogen and oxygen atoms in total. The quantitative estimate of drug-likeness (QED) is 0.659. The molecule has 1 aliphatic rings. The molecule has 0 spiro atoms. The van der Waals surface area contributed by atoms with Crippen LogP contribution in [0.25, 0.3) is 5.78 Å². The minimum atomic E-state index is -0.0532. The Morgan fingerprint density at radius 1 is 1.17 bits per heavy atom. The lowest BCUT2D eigenvalue weighted by Crippen LogP contribution is -2.32. The summed E-state index contributed by atoms with van der Waals surface area (Å²) in [6.07, 6.45) is 0.240. The number of anilines is 2. The highest BCUT2D eigenvalue weighted by molar-refractivity contribution is 7.99. The first-order valence-electron chi connectivity index (χ1n) is 9.68. The molecular weight excluding hydrogens is 386 g/mol. The molecule has 0 radical (unpaired) electrons. The van der Waals surface area contributed by atoms with Gasteiger partial charge in [-0.25, -0.2) is 4.98 Å². The summed E-state index contributed by atoms with van der Waals surface area (Å²) in [5, 5.41) is 7.15. The van der Waals surface area contributed by atoms with Gasteiger partial charge in [-0.2, -0.15) is 21.3 Å². The van der Waals surface area contributed by atoms with Gasteiger partial charge in [-0.1, -0.05) is 12.1 Å². The molecule has 4 rings (SSSR count). The monoisotopic (exact) mass is 411 g/mol. The van der Waals surface area contributed by atoms with E-state index in [4.69, 9.17) is 5.73 Å². The standard InChI is InChI=1S/C20H25N7OS/c1-13-17(14(2)27-20(23-13)24-19(21)25-27)11-18(28)22-12-15-3-5-16(6-4-15)26-7-9-29-10-8-26/h3-6H,7-12H2,1-2H3,(H2,21,25)(H,22,28). The molecular formula is C20H25N7OS. The van der Waals surface area contributed by atoms with Crippen molar-refractivity contribution in [3.8, 4) is 0 Å². The number of thioether (sulfide) groups is 1. The number of amides is 1. The van der Waals surface area contributed by atoms with Gasteiger partial charge in [0.05, 0.1) is 6.42 Å². The van der Waals surface area contributed by atoms with E-state index in [9.17, 15) is 4.79 Å². The highest BCUT2D eigenvalue weighted by Crippen LogP contribution is 2.20. The van der Waals surface area contributed by atoms with Crippen LogP contribution in [0, 0.1) is 13.8 Å². The van der Waals surface area contributed by atoms with Gasteiger partial charge >= 0.3 is 0 Å². The van der Waals surface area contributed by atoms with Crippen LogP contribution in [-0.2, 0) is 17.8 Å². The summed E-state index contributed by atoms with van der Waals surface area (Å²) in [6, 6.07) is 8.44. The van der Waals surface area contributed by atoms with E-state index in [0.29, 0.717) is 12.3 Å². The van der Waals surface area contributed by atoms with Crippen LogP contribution in [0.3, 0.4) is 0 Å². The Morgan fingerprint density at radius 2 is 1.90 bits per heavy atom. The molecule has 0 atom stereocenters. The predicted octanol–water partition coefficient (Wildman–Crippen LogP) is 1.74. The third-order valence-electron chi connectivity index (χ3n) is 5.20. The summed E-state index contributed by atoms with van der Waals surface area (Å²) in [7, 11) is 0. The Hall–Kier alpha value is -2.81. The van der Waals surface area contributed by atoms with E-state index in [-0.39, 0.29) is 18.3 Å². The lowest BCUT2D eigenvalue weighted by Gasteiger charge is -2.28. The third kappa shape index (κ3) is 4.29. The Bertz CT molecular complexity index is 1030. The van der Waals surface area contributed by atoms with Crippen LogP contribution in [0.4, 0.5) is 11.6 Å². The highest BCUT2D eigenvalue weighted by atomic mass is 32.2. The first-order chi connectivity index (χ1) is 14.0. The average Bonchev–Trinajstić information content (AvgIpc) is 3.11. The number of benzene rings is 1. The number of aryl methyl sites for hydroxylation is 2. The number of nitrogens with zero attached hydrogens (tertiary/aromatic N) is 5. The van der Waals surface area contributed by atoms with Crippen molar-refractivity contribution >= 4 is 35.1 Å². The van der Waals surface area contributed by atoms with Crippen molar-refractivity contribution in [1.29, 1.82) is 0 Å². The van der Waals surface area contributed by atoms with Crippen LogP contribution in [0.15, 0.2) is 24.3 Å². The summed E-state index contributed by atoms with van der Waals surface area (Å²) >= 11 is 2.00. The Kier molecular flexibility index (Phi) is 5.57. The molecule has 9 heteroatoms. The fourth-order valence-electron chi connectivity index (χ4n) is 3.55. The van der Waals surface area contributed by atoms with Gasteiger partial charge in [-0.15, -0.1) is 5.10 Å². The van der Waals surface area contributed by atoms with Crippen molar-refractivity contribution in [2.45, 2.75) is 26.8 Å². The Balaban J connectivity index is 1.38. The molecule has 1 aromatic carbocycles. The van der Waals surface area contributed by atoms with Crippen LogP contribution in [-0.4, -0.2) is 50.1 Å². The van der Waals surface area contributed by atoms with Crippen molar-refractivity contribution in [2.24, 2.45) is 0 Å². The van der Waals surface area contributed by atoms with Crippen molar-refractivity contribution in [3.05, 3.63) is 46.8 Å². The molecule has 2 aromatic heterocycles. The van der Waals surface area contributed by atoms with E-state index in [1.165, 1.54) is 17.2 Å². The molecule has 1 saturated heterocycles. The van der Waals surface area contributed by atoms with Crippen molar-refractivity contribution in [1.82, 2.24) is 24.9 Å². The number of fused-ring (bicyclic) bond motifs is 1. The van der Waals surface area contributed by atoms with Gasteiger partial charge < -0.3 is 16.0 Å². The number of rotatable bonds is 5. The topological polar surface area (TPSA) is 101 Å². The molecule has 1 fully saturated rings. The minimum absolute atomic E-state index is 0.0532. The molecule has 152 valence electrons. The molecule has 0 bridgehead atoms. The summed E-state index contributed by atoms with van der Waals surface area (Å²) < 4.78 is 1.59. The number of carbonyl (C=O) groups excluding carboxylic acids is 1. The molecule has 3 N–H and O–H groups in total. The molecule has 0 aliphatic carbocycles. The number of carbonyl (C=O) groups is 1. The van der Waals surface area contributed by atoms with Gasteiger partial charge in [0, 0.05) is 53.8 Å². The molecule has 3 heterocycles. The number of hydrogen-bond acceptors (Lipinski definition) is 7. The molecule has 29 heavy (non-hydrogen) atoms. The van der Waals surface area contributed by atoms with Gasteiger partial charge in [0.15, 0.2) is 0 Å². The Morgan fingerprint density at radius 3 is 2.62 bits per heavy atom. The predicted molar refractivity (Wildman–Crippen MR) is 116 cm³/mol. The molecule has 1 amide bonds. The number of aromatic nitrogens is 4. The zero-order valence-electron chi connectivity index (χ0n) is 16.7.